The molecule has 0 aliphatic carbocycles. The molecule has 1 aromatic heterocycles. The van der Waals surface area contributed by atoms with E-state index >= 15 is 0 Å². The third-order valence-electron chi connectivity index (χ3n) is 6.21. The predicted octanol–water partition coefficient (Wildman–Crippen LogP) is 4.90. The van der Waals surface area contributed by atoms with Crippen LogP contribution in [0.15, 0.2) is 57.9 Å². The number of rotatable bonds is 8. The number of aromatic nitrogens is 1. The van der Waals surface area contributed by atoms with Crippen molar-refractivity contribution in [2.24, 2.45) is 5.92 Å². The Labute approximate surface area is 212 Å². The number of carbonyl (C=O) groups excluding carboxylic acids is 1. The molecule has 0 atom stereocenters. The van der Waals surface area contributed by atoms with Crippen molar-refractivity contribution in [1.29, 1.82) is 0 Å². The number of nitrogens with zero attached hydrogens (tertiary/aromatic N) is 2. The van der Waals surface area contributed by atoms with Crippen molar-refractivity contribution in [3.63, 3.8) is 0 Å². The normalized spacial score (nSPS) is 15.3. The molecular formula is C27H31N3O5S. The van der Waals surface area contributed by atoms with Gasteiger partial charge in [0.05, 0.1) is 12.3 Å². The molecule has 0 spiro atoms. The molecule has 0 unspecified atom stereocenters. The summed E-state index contributed by atoms with van der Waals surface area (Å²) in [5.74, 6) is 0.376. The lowest BCUT2D eigenvalue weighted by atomic mass is 9.97. The Morgan fingerprint density at radius 1 is 1.11 bits per heavy atom. The first-order valence-electron chi connectivity index (χ1n) is 12.0. The summed E-state index contributed by atoms with van der Waals surface area (Å²) in [6.07, 6.45) is 4.27. The molecule has 0 radical (unpaired) electrons. The number of benzene rings is 2. The molecule has 0 saturated carbocycles. The topological polar surface area (TPSA) is 102 Å². The highest BCUT2D eigenvalue weighted by Gasteiger charge is 2.36. The molecule has 2 heterocycles. The molecule has 2 aromatic carbocycles. The van der Waals surface area contributed by atoms with Crippen LogP contribution in [0.5, 0.6) is 5.75 Å². The van der Waals surface area contributed by atoms with Gasteiger partial charge in [0.1, 0.15) is 11.4 Å². The Bertz CT molecular complexity index is 1340. The first-order valence-corrected chi connectivity index (χ1v) is 13.5. The lowest BCUT2D eigenvalue weighted by Crippen LogP contribution is -2.41. The van der Waals surface area contributed by atoms with Crippen molar-refractivity contribution >= 4 is 33.8 Å². The van der Waals surface area contributed by atoms with Gasteiger partial charge in [0.2, 0.25) is 15.9 Å². The van der Waals surface area contributed by atoms with Crippen LogP contribution in [0.4, 0.5) is 5.69 Å². The lowest BCUT2D eigenvalue weighted by molar-refractivity contribution is -0.120. The van der Waals surface area contributed by atoms with E-state index in [0.29, 0.717) is 36.6 Å². The second kappa shape index (κ2) is 11.1. The fourth-order valence-corrected chi connectivity index (χ4v) is 5.94. The number of piperidine rings is 1. The van der Waals surface area contributed by atoms with Gasteiger partial charge in [-0.2, -0.15) is 4.31 Å². The highest BCUT2D eigenvalue weighted by molar-refractivity contribution is 7.89. The van der Waals surface area contributed by atoms with Crippen molar-refractivity contribution in [1.82, 2.24) is 9.46 Å². The van der Waals surface area contributed by atoms with Crippen molar-refractivity contribution < 1.29 is 22.5 Å². The molecule has 0 bridgehead atoms. The molecule has 4 rings (SSSR count). The first kappa shape index (κ1) is 25.7. The van der Waals surface area contributed by atoms with Crippen LogP contribution in [0.25, 0.3) is 12.2 Å². The maximum Gasteiger partial charge on any atom is 0.248 e. The number of ether oxygens (including phenoxy) is 1. The van der Waals surface area contributed by atoms with E-state index in [1.54, 1.807) is 31.2 Å². The van der Waals surface area contributed by atoms with Crippen molar-refractivity contribution in [2.75, 3.05) is 25.0 Å². The Balaban J connectivity index is 1.44. The van der Waals surface area contributed by atoms with E-state index in [-0.39, 0.29) is 35.6 Å². The summed E-state index contributed by atoms with van der Waals surface area (Å²) in [6.45, 7) is 6.47. The molecule has 1 amide bonds. The second-order valence-corrected chi connectivity index (χ2v) is 10.7. The fraction of sp³-hybridized carbons (Fsp3) is 0.333. The van der Waals surface area contributed by atoms with E-state index in [1.807, 2.05) is 50.2 Å². The van der Waals surface area contributed by atoms with E-state index in [1.165, 1.54) is 4.31 Å². The average molecular weight is 510 g/mol. The third kappa shape index (κ3) is 5.68. The maximum absolute atomic E-state index is 13.5. The molecule has 3 aromatic rings. The molecule has 36 heavy (non-hydrogen) atoms. The van der Waals surface area contributed by atoms with E-state index in [9.17, 15) is 13.2 Å². The highest BCUT2D eigenvalue weighted by Crippen LogP contribution is 2.30. The lowest BCUT2D eigenvalue weighted by Gasteiger charge is -2.30. The Kier molecular flexibility index (Phi) is 7.91. The molecule has 8 nitrogen and oxygen atoms in total. The standard InChI is InChI=1S/C27H31N3O5S/c1-4-34-24-8-6-5-7-23(24)28-27(31)22-15-17-30(18-16-22)36(32,33)26-20(3)29-35-25(26)14-13-21-11-9-19(2)10-12-21/h5-14,22H,4,15-18H2,1-3H3,(H,28,31)/b14-13+. The minimum absolute atomic E-state index is 0.0689. The molecule has 1 saturated heterocycles. The van der Waals surface area contributed by atoms with Crippen LogP contribution >= 0.6 is 0 Å². The minimum Gasteiger partial charge on any atom is -0.492 e. The summed E-state index contributed by atoms with van der Waals surface area (Å²) in [5.41, 5.74) is 2.99. The summed E-state index contributed by atoms with van der Waals surface area (Å²) in [4.78, 5) is 13.0. The van der Waals surface area contributed by atoms with E-state index in [0.717, 1.165) is 11.1 Å². The first-order chi connectivity index (χ1) is 17.3. The van der Waals surface area contributed by atoms with Crippen LogP contribution in [0.3, 0.4) is 0 Å². The molecule has 1 N–H and O–H groups in total. The summed E-state index contributed by atoms with van der Waals surface area (Å²) < 4.78 is 39.4. The number of aryl methyl sites for hydroxylation is 2. The van der Waals surface area contributed by atoms with Crippen LogP contribution in [0.1, 0.15) is 42.3 Å². The van der Waals surface area contributed by atoms with Crippen LogP contribution in [0.2, 0.25) is 0 Å². The molecule has 1 fully saturated rings. The molecule has 1 aliphatic rings. The Morgan fingerprint density at radius 2 is 1.81 bits per heavy atom. The van der Waals surface area contributed by atoms with Gasteiger partial charge in [-0.3, -0.25) is 4.79 Å². The zero-order chi connectivity index (χ0) is 25.7. The van der Waals surface area contributed by atoms with Gasteiger partial charge in [-0.25, -0.2) is 8.42 Å². The molecule has 190 valence electrons. The predicted molar refractivity (Wildman–Crippen MR) is 139 cm³/mol. The average Bonchev–Trinajstić information content (AvgIpc) is 3.26. The number of anilines is 1. The van der Waals surface area contributed by atoms with Gasteiger partial charge in [0, 0.05) is 19.0 Å². The van der Waals surface area contributed by atoms with Gasteiger partial charge >= 0.3 is 0 Å². The number of amides is 1. The van der Waals surface area contributed by atoms with Crippen LogP contribution in [-0.2, 0) is 14.8 Å². The summed E-state index contributed by atoms with van der Waals surface area (Å²) in [5, 5.41) is 6.84. The second-order valence-electron chi connectivity index (χ2n) is 8.80. The van der Waals surface area contributed by atoms with Crippen molar-refractivity contribution in [3.8, 4) is 5.75 Å². The number of sulfonamides is 1. The number of nitrogens with one attached hydrogen (secondary N) is 1. The number of carbonyl (C=O) groups is 1. The van der Waals surface area contributed by atoms with E-state index < -0.39 is 10.0 Å². The molecule has 1 aliphatic heterocycles. The monoisotopic (exact) mass is 509 g/mol. The SMILES string of the molecule is CCOc1ccccc1NC(=O)C1CCN(S(=O)(=O)c2c(C)noc2/C=C/c2ccc(C)cc2)CC1. The van der Waals surface area contributed by atoms with Crippen LogP contribution < -0.4 is 10.1 Å². The Hall–Kier alpha value is -3.43. The van der Waals surface area contributed by atoms with Gasteiger partial charge in [0.15, 0.2) is 10.7 Å². The fourth-order valence-electron chi connectivity index (χ4n) is 4.22. The minimum atomic E-state index is -3.84. The van der Waals surface area contributed by atoms with Crippen LogP contribution in [0, 0.1) is 19.8 Å². The van der Waals surface area contributed by atoms with Crippen molar-refractivity contribution in [2.45, 2.75) is 38.5 Å². The Morgan fingerprint density at radius 3 is 2.50 bits per heavy atom. The van der Waals surface area contributed by atoms with Gasteiger partial charge in [-0.15, -0.1) is 0 Å². The quantitative estimate of drug-likeness (QED) is 0.463. The summed E-state index contributed by atoms with van der Waals surface area (Å²) in [7, 11) is -3.84. The van der Waals surface area contributed by atoms with Crippen molar-refractivity contribution in [3.05, 3.63) is 71.1 Å². The largest absolute Gasteiger partial charge is 0.492 e. The molecule has 9 heteroatoms. The van der Waals surface area contributed by atoms with E-state index in [4.69, 9.17) is 9.26 Å². The van der Waals surface area contributed by atoms with Gasteiger partial charge in [0.25, 0.3) is 0 Å². The van der Waals surface area contributed by atoms with E-state index in [2.05, 4.69) is 10.5 Å². The zero-order valence-electron chi connectivity index (χ0n) is 20.7. The summed E-state index contributed by atoms with van der Waals surface area (Å²) >= 11 is 0. The number of hydrogen-bond donors (Lipinski definition) is 1. The van der Waals surface area contributed by atoms with Gasteiger partial charge in [-0.05, 0) is 57.4 Å². The molecular weight excluding hydrogens is 478 g/mol. The smallest absolute Gasteiger partial charge is 0.248 e. The van der Waals surface area contributed by atoms with Gasteiger partial charge in [-0.1, -0.05) is 53.2 Å². The van der Waals surface area contributed by atoms with Gasteiger partial charge < -0.3 is 14.6 Å². The zero-order valence-corrected chi connectivity index (χ0v) is 21.5. The number of para-hydroxylation sites is 2. The number of hydrogen-bond acceptors (Lipinski definition) is 6. The highest BCUT2D eigenvalue weighted by atomic mass is 32.2. The third-order valence-corrected chi connectivity index (χ3v) is 8.26. The van der Waals surface area contributed by atoms with Crippen LogP contribution in [-0.4, -0.2) is 43.5 Å². The maximum atomic E-state index is 13.5. The summed E-state index contributed by atoms with van der Waals surface area (Å²) in [6, 6.07) is 15.2.